The van der Waals surface area contributed by atoms with Gasteiger partial charge in [-0.3, -0.25) is 4.79 Å². The van der Waals surface area contributed by atoms with E-state index in [4.69, 9.17) is 9.26 Å². The van der Waals surface area contributed by atoms with Gasteiger partial charge in [-0.15, -0.1) is 0 Å². The van der Waals surface area contributed by atoms with Crippen molar-refractivity contribution >= 4 is 11.6 Å². The van der Waals surface area contributed by atoms with Crippen LogP contribution < -0.4 is 15.4 Å². The molecular weight excluding hydrogens is 274 g/mol. The van der Waals surface area contributed by atoms with Gasteiger partial charge in [-0.1, -0.05) is 5.16 Å². The molecule has 1 aliphatic rings. The van der Waals surface area contributed by atoms with Gasteiger partial charge in [0.2, 0.25) is 11.8 Å². The second kappa shape index (κ2) is 5.88. The van der Waals surface area contributed by atoms with Crippen molar-refractivity contribution in [1.82, 2.24) is 20.4 Å². The first kappa shape index (κ1) is 13.5. The van der Waals surface area contributed by atoms with Gasteiger partial charge in [0, 0.05) is 6.20 Å². The predicted octanol–water partition coefficient (Wildman–Crippen LogP) is 1.15. The fraction of sp³-hybridized carbons (Fsp3) is 0.385. The maximum atomic E-state index is 12.1. The SMILES string of the molecule is COc1ncccc1NC(=O)c1noc(C2CCCN2)n1. The Kier molecular flexibility index (Phi) is 3.78. The van der Waals surface area contributed by atoms with Crippen molar-refractivity contribution in [3.8, 4) is 5.88 Å². The Morgan fingerprint density at radius 1 is 1.57 bits per heavy atom. The zero-order valence-corrected chi connectivity index (χ0v) is 11.5. The molecule has 0 spiro atoms. The van der Waals surface area contributed by atoms with E-state index in [0.717, 1.165) is 19.4 Å². The minimum absolute atomic E-state index is 0.00962. The fourth-order valence-corrected chi connectivity index (χ4v) is 2.19. The van der Waals surface area contributed by atoms with E-state index in [0.29, 0.717) is 17.5 Å². The Balaban J connectivity index is 1.73. The van der Waals surface area contributed by atoms with E-state index in [9.17, 15) is 4.79 Å². The Morgan fingerprint density at radius 2 is 2.48 bits per heavy atom. The zero-order chi connectivity index (χ0) is 14.7. The second-order valence-corrected chi connectivity index (χ2v) is 4.62. The van der Waals surface area contributed by atoms with E-state index >= 15 is 0 Å². The summed E-state index contributed by atoms with van der Waals surface area (Å²) in [5, 5.41) is 9.60. The number of carbonyl (C=O) groups excluding carboxylic acids is 1. The third-order valence-corrected chi connectivity index (χ3v) is 3.22. The molecule has 0 saturated carbocycles. The quantitative estimate of drug-likeness (QED) is 0.870. The van der Waals surface area contributed by atoms with Crippen LogP contribution in [-0.4, -0.2) is 34.7 Å². The molecule has 0 bridgehead atoms. The molecule has 2 N–H and O–H groups in total. The van der Waals surface area contributed by atoms with Crippen molar-refractivity contribution in [2.75, 3.05) is 19.0 Å². The molecule has 8 heteroatoms. The molecule has 3 rings (SSSR count). The van der Waals surface area contributed by atoms with Crippen LogP contribution in [0.25, 0.3) is 0 Å². The van der Waals surface area contributed by atoms with Gasteiger partial charge in [-0.05, 0) is 31.5 Å². The van der Waals surface area contributed by atoms with Crippen molar-refractivity contribution in [1.29, 1.82) is 0 Å². The summed E-state index contributed by atoms with van der Waals surface area (Å²) in [7, 11) is 1.48. The molecule has 0 aromatic carbocycles. The second-order valence-electron chi connectivity index (χ2n) is 4.62. The third kappa shape index (κ3) is 2.84. The van der Waals surface area contributed by atoms with Crippen LogP contribution in [0.1, 0.15) is 35.4 Å². The van der Waals surface area contributed by atoms with Crippen LogP contribution in [0, 0.1) is 0 Å². The topological polar surface area (TPSA) is 102 Å². The molecule has 1 unspecified atom stereocenters. The molecule has 2 aromatic heterocycles. The fourth-order valence-electron chi connectivity index (χ4n) is 2.19. The van der Waals surface area contributed by atoms with Gasteiger partial charge in [-0.25, -0.2) is 4.98 Å². The Bertz CT molecular complexity index is 636. The van der Waals surface area contributed by atoms with Crippen molar-refractivity contribution in [2.45, 2.75) is 18.9 Å². The number of nitrogens with one attached hydrogen (secondary N) is 2. The Morgan fingerprint density at radius 3 is 3.24 bits per heavy atom. The maximum absolute atomic E-state index is 12.1. The van der Waals surface area contributed by atoms with Crippen LogP contribution in [0.4, 0.5) is 5.69 Å². The van der Waals surface area contributed by atoms with Crippen molar-refractivity contribution in [3.63, 3.8) is 0 Å². The number of hydrogen-bond donors (Lipinski definition) is 2. The smallest absolute Gasteiger partial charge is 0.297 e. The van der Waals surface area contributed by atoms with E-state index in [1.54, 1.807) is 18.3 Å². The molecule has 21 heavy (non-hydrogen) atoms. The van der Waals surface area contributed by atoms with Crippen molar-refractivity contribution in [2.24, 2.45) is 0 Å². The lowest BCUT2D eigenvalue weighted by Crippen LogP contribution is -2.16. The number of hydrogen-bond acceptors (Lipinski definition) is 7. The lowest BCUT2D eigenvalue weighted by Gasteiger charge is -2.06. The molecule has 2 aromatic rings. The molecule has 3 heterocycles. The predicted molar refractivity (Wildman–Crippen MR) is 73.0 cm³/mol. The normalized spacial score (nSPS) is 17.7. The number of carbonyl (C=O) groups is 1. The third-order valence-electron chi connectivity index (χ3n) is 3.22. The van der Waals surface area contributed by atoms with E-state index in [2.05, 4.69) is 25.8 Å². The number of rotatable bonds is 4. The summed E-state index contributed by atoms with van der Waals surface area (Å²) < 4.78 is 10.2. The number of methoxy groups -OCH3 is 1. The monoisotopic (exact) mass is 289 g/mol. The van der Waals surface area contributed by atoms with Gasteiger partial charge in [0.25, 0.3) is 11.7 Å². The summed E-state index contributed by atoms with van der Waals surface area (Å²) in [6, 6.07) is 3.41. The van der Waals surface area contributed by atoms with Gasteiger partial charge in [0.15, 0.2) is 0 Å². The van der Waals surface area contributed by atoms with E-state index in [1.165, 1.54) is 7.11 Å². The molecule has 0 radical (unpaired) electrons. The average molecular weight is 289 g/mol. The molecule has 8 nitrogen and oxygen atoms in total. The average Bonchev–Trinajstić information content (AvgIpc) is 3.18. The van der Waals surface area contributed by atoms with Crippen LogP contribution in [0.3, 0.4) is 0 Å². The molecule has 1 atom stereocenters. The van der Waals surface area contributed by atoms with Crippen LogP contribution in [0.2, 0.25) is 0 Å². The lowest BCUT2D eigenvalue weighted by molar-refractivity contribution is 0.101. The van der Waals surface area contributed by atoms with Crippen LogP contribution in [0.5, 0.6) is 5.88 Å². The van der Waals surface area contributed by atoms with Crippen LogP contribution in [0.15, 0.2) is 22.9 Å². The van der Waals surface area contributed by atoms with Crippen LogP contribution >= 0.6 is 0 Å². The summed E-state index contributed by atoms with van der Waals surface area (Å²) in [6.07, 6.45) is 3.56. The largest absolute Gasteiger partial charge is 0.480 e. The summed E-state index contributed by atoms with van der Waals surface area (Å²) in [5.41, 5.74) is 0.454. The van der Waals surface area contributed by atoms with Gasteiger partial charge in [0.1, 0.15) is 5.69 Å². The first-order valence-electron chi connectivity index (χ1n) is 6.65. The summed E-state index contributed by atoms with van der Waals surface area (Å²) in [5.74, 6) is 0.293. The van der Waals surface area contributed by atoms with E-state index in [1.807, 2.05) is 0 Å². The van der Waals surface area contributed by atoms with Gasteiger partial charge >= 0.3 is 0 Å². The molecule has 1 fully saturated rings. The number of aromatic nitrogens is 3. The van der Waals surface area contributed by atoms with Crippen LogP contribution in [-0.2, 0) is 0 Å². The summed E-state index contributed by atoms with van der Waals surface area (Å²) >= 11 is 0. The molecule has 1 aliphatic heterocycles. The number of nitrogens with zero attached hydrogens (tertiary/aromatic N) is 3. The summed E-state index contributed by atoms with van der Waals surface area (Å²) in [6.45, 7) is 0.918. The van der Waals surface area contributed by atoms with Crippen molar-refractivity contribution < 1.29 is 14.1 Å². The highest BCUT2D eigenvalue weighted by Gasteiger charge is 2.24. The standard InChI is InChI=1S/C13H15N5O3/c1-20-12-9(5-3-7-15-12)16-11(19)10-17-13(21-18-10)8-4-2-6-14-8/h3,5,7-8,14H,2,4,6H2,1H3,(H,16,19). The maximum Gasteiger partial charge on any atom is 0.297 e. The lowest BCUT2D eigenvalue weighted by atomic mass is 10.2. The minimum Gasteiger partial charge on any atom is -0.480 e. The molecule has 110 valence electrons. The highest BCUT2D eigenvalue weighted by Crippen LogP contribution is 2.22. The van der Waals surface area contributed by atoms with Crippen molar-refractivity contribution in [3.05, 3.63) is 30.0 Å². The van der Waals surface area contributed by atoms with Gasteiger partial charge in [0.05, 0.1) is 13.2 Å². The Labute approximate surface area is 120 Å². The van der Waals surface area contributed by atoms with E-state index in [-0.39, 0.29) is 11.9 Å². The van der Waals surface area contributed by atoms with Gasteiger partial charge < -0.3 is 19.9 Å². The van der Waals surface area contributed by atoms with Gasteiger partial charge in [-0.2, -0.15) is 4.98 Å². The first-order valence-corrected chi connectivity index (χ1v) is 6.65. The number of ether oxygens (including phenoxy) is 1. The molecule has 1 amide bonds. The highest BCUT2D eigenvalue weighted by atomic mass is 16.5. The minimum atomic E-state index is -0.464. The highest BCUT2D eigenvalue weighted by molar-refractivity contribution is 6.02. The summed E-state index contributed by atoms with van der Waals surface area (Å²) in [4.78, 5) is 20.2. The number of pyridine rings is 1. The number of anilines is 1. The molecular formula is C13H15N5O3. The number of amides is 1. The first-order chi connectivity index (χ1) is 10.3. The Hall–Kier alpha value is -2.48. The molecule has 1 saturated heterocycles. The van der Waals surface area contributed by atoms with E-state index < -0.39 is 5.91 Å². The zero-order valence-electron chi connectivity index (χ0n) is 11.5. The molecule has 0 aliphatic carbocycles.